The minimum Gasteiger partial charge on any atom is -0.312 e. The Bertz CT molecular complexity index is 1940. The number of aromatic nitrogens is 4. The maximum Gasteiger partial charge on any atom is 0.164 e. The predicted octanol–water partition coefficient (Wildman–Crippen LogP) is 8.78. The Labute approximate surface area is 240 Å². The van der Waals surface area contributed by atoms with Crippen LogP contribution in [0.4, 0.5) is 0 Å². The van der Waals surface area contributed by atoms with Crippen molar-refractivity contribution in [3.05, 3.63) is 126 Å². The zero-order valence-electron chi connectivity index (χ0n) is 23.5. The summed E-state index contributed by atoms with van der Waals surface area (Å²) >= 11 is 0. The van der Waals surface area contributed by atoms with Gasteiger partial charge in [-0.2, -0.15) is 0 Å². The van der Waals surface area contributed by atoms with Crippen molar-refractivity contribution in [3.63, 3.8) is 0 Å². The van der Waals surface area contributed by atoms with Gasteiger partial charge in [0, 0.05) is 49.9 Å². The van der Waals surface area contributed by atoms with Crippen LogP contribution in [0.1, 0.15) is 44.0 Å². The van der Waals surface area contributed by atoms with Crippen molar-refractivity contribution in [2.24, 2.45) is 0 Å². The third kappa shape index (κ3) is 3.37. The van der Waals surface area contributed by atoms with E-state index in [1.54, 1.807) is 0 Å². The van der Waals surface area contributed by atoms with Crippen LogP contribution >= 0.6 is 0 Å². The number of allylic oxidation sites excluding steroid dienone is 1. The summed E-state index contributed by atoms with van der Waals surface area (Å²) in [6.45, 7) is 7.24. The Morgan fingerprint density at radius 3 is 1.88 bits per heavy atom. The van der Waals surface area contributed by atoms with Crippen LogP contribution in [0.3, 0.4) is 0 Å². The van der Waals surface area contributed by atoms with Crippen LogP contribution in [0.15, 0.2) is 109 Å². The normalized spacial score (nSPS) is 18.2. The highest BCUT2D eigenvalue weighted by Gasteiger charge is 2.51. The van der Waals surface area contributed by atoms with E-state index in [9.17, 15) is 0 Å². The maximum atomic E-state index is 5.02. The summed E-state index contributed by atoms with van der Waals surface area (Å²) in [6.07, 6.45) is 5.68. The molecule has 6 aromatic rings. The lowest BCUT2D eigenvalue weighted by Gasteiger charge is -2.51. The van der Waals surface area contributed by atoms with Crippen LogP contribution in [0, 0.1) is 0 Å². The summed E-state index contributed by atoms with van der Waals surface area (Å²) < 4.78 is 2.51. The zero-order chi connectivity index (χ0) is 27.8. The molecular formula is C37H30N4. The highest BCUT2D eigenvalue weighted by molar-refractivity contribution is 5.95. The van der Waals surface area contributed by atoms with Crippen LogP contribution in [-0.4, -0.2) is 19.5 Å². The van der Waals surface area contributed by atoms with Gasteiger partial charge in [0.25, 0.3) is 0 Å². The summed E-state index contributed by atoms with van der Waals surface area (Å²) in [6, 6.07) is 35.9. The first-order valence-corrected chi connectivity index (χ1v) is 14.3. The van der Waals surface area contributed by atoms with Crippen LogP contribution in [-0.2, 0) is 10.8 Å². The second-order valence-corrected chi connectivity index (χ2v) is 11.9. The number of fused-ring (bicyclic) bond motifs is 5. The van der Waals surface area contributed by atoms with Gasteiger partial charge in [0.1, 0.15) is 0 Å². The molecule has 4 heteroatoms. The molecule has 4 aromatic carbocycles. The molecule has 2 aliphatic rings. The number of rotatable bonds is 3. The Hall–Kier alpha value is -4.83. The molecule has 0 saturated carbocycles. The van der Waals surface area contributed by atoms with Crippen molar-refractivity contribution < 1.29 is 0 Å². The fourth-order valence-electron chi connectivity index (χ4n) is 6.89. The maximum absolute atomic E-state index is 5.02. The quantitative estimate of drug-likeness (QED) is 0.230. The lowest BCUT2D eigenvalue weighted by atomic mass is 9.56. The van der Waals surface area contributed by atoms with E-state index in [2.05, 4.69) is 104 Å². The minimum absolute atomic E-state index is 0.0643. The van der Waals surface area contributed by atoms with Gasteiger partial charge in [-0.15, -0.1) is 0 Å². The highest BCUT2D eigenvalue weighted by atomic mass is 15.0. The van der Waals surface area contributed by atoms with Gasteiger partial charge in [0.05, 0.1) is 5.52 Å². The summed E-state index contributed by atoms with van der Waals surface area (Å²) in [7, 11) is 0. The van der Waals surface area contributed by atoms with Gasteiger partial charge in [0.2, 0.25) is 0 Å². The smallest absolute Gasteiger partial charge is 0.164 e. The molecule has 4 nitrogen and oxygen atoms in total. The molecule has 41 heavy (non-hydrogen) atoms. The molecule has 0 radical (unpaired) electrons. The number of para-hydroxylation sites is 1. The first-order valence-electron chi connectivity index (χ1n) is 14.3. The van der Waals surface area contributed by atoms with E-state index in [4.69, 9.17) is 15.0 Å². The molecular weight excluding hydrogens is 500 g/mol. The van der Waals surface area contributed by atoms with E-state index in [0.717, 1.165) is 23.1 Å². The fraction of sp³-hybridized carbons (Fsp3) is 0.162. The van der Waals surface area contributed by atoms with Crippen molar-refractivity contribution in [2.45, 2.75) is 38.0 Å². The molecule has 1 aliphatic heterocycles. The van der Waals surface area contributed by atoms with E-state index < -0.39 is 0 Å². The van der Waals surface area contributed by atoms with Gasteiger partial charge < -0.3 is 4.57 Å². The topological polar surface area (TPSA) is 43.6 Å². The third-order valence-electron chi connectivity index (χ3n) is 9.49. The average Bonchev–Trinajstić information content (AvgIpc) is 3.37. The Balaban J connectivity index is 1.38. The Morgan fingerprint density at radius 1 is 0.634 bits per heavy atom. The summed E-state index contributed by atoms with van der Waals surface area (Å²) in [5, 5.41) is 1.31. The van der Waals surface area contributed by atoms with Gasteiger partial charge in [-0.1, -0.05) is 112 Å². The summed E-state index contributed by atoms with van der Waals surface area (Å²) in [4.78, 5) is 14.9. The molecule has 1 unspecified atom stereocenters. The van der Waals surface area contributed by atoms with Crippen molar-refractivity contribution in [2.75, 3.05) is 0 Å². The standard InChI is InChI=1S/C37H30N4/c1-36(2)29-23-26(35-39-33(24-13-6-4-7-14-24)38-34(40-35)25-15-8-5-9-16-25)20-21-31(29)41-30-19-11-10-17-27(30)28-18-12-22-37(36,3)32(28)41/h4-21,23H,22H2,1-3H3. The SMILES string of the molecule is CC1(C)c2cc(-c3nc(-c4ccccc4)nc(-c4ccccc4)n3)ccc2-n2c3c(c4ccccc42)C=CCC31C. The molecule has 0 N–H and O–H groups in total. The van der Waals surface area contributed by atoms with E-state index in [1.807, 2.05) is 36.4 Å². The molecule has 8 rings (SSSR count). The molecule has 3 heterocycles. The lowest BCUT2D eigenvalue weighted by Crippen LogP contribution is -2.48. The molecule has 198 valence electrons. The van der Waals surface area contributed by atoms with Gasteiger partial charge in [-0.25, -0.2) is 15.0 Å². The summed E-state index contributed by atoms with van der Waals surface area (Å²) in [5.41, 5.74) is 9.36. The lowest BCUT2D eigenvalue weighted by molar-refractivity contribution is 0.255. The molecule has 2 aromatic heterocycles. The van der Waals surface area contributed by atoms with Crippen molar-refractivity contribution >= 4 is 17.0 Å². The van der Waals surface area contributed by atoms with E-state index >= 15 is 0 Å². The van der Waals surface area contributed by atoms with E-state index in [-0.39, 0.29) is 10.8 Å². The number of benzene rings is 4. The van der Waals surface area contributed by atoms with Gasteiger partial charge in [-0.05, 0) is 36.2 Å². The number of nitrogens with zero attached hydrogens (tertiary/aromatic N) is 4. The molecule has 1 aliphatic carbocycles. The molecule has 0 fully saturated rings. The number of hydrogen-bond acceptors (Lipinski definition) is 3. The second-order valence-electron chi connectivity index (χ2n) is 11.9. The summed E-state index contributed by atoms with van der Waals surface area (Å²) in [5.74, 6) is 2.05. The third-order valence-corrected chi connectivity index (χ3v) is 9.49. The van der Waals surface area contributed by atoms with Crippen molar-refractivity contribution in [1.82, 2.24) is 19.5 Å². The Kier molecular flexibility index (Phi) is 5.03. The first-order chi connectivity index (χ1) is 20.0. The molecule has 0 spiro atoms. The van der Waals surface area contributed by atoms with Gasteiger partial charge in [-0.3, -0.25) is 0 Å². The van der Waals surface area contributed by atoms with Crippen LogP contribution in [0.5, 0.6) is 0 Å². The largest absolute Gasteiger partial charge is 0.312 e. The predicted molar refractivity (Wildman–Crippen MR) is 167 cm³/mol. The van der Waals surface area contributed by atoms with Crippen molar-refractivity contribution in [1.29, 1.82) is 0 Å². The number of hydrogen-bond donors (Lipinski definition) is 0. The second kappa shape index (κ2) is 8.58. The van der Waals surface area contributed by atoms with Gasteiger partial charge in [0.15, 0.2) is 17.5 Å². The molecule has 1 atom stereocenters. The van der Waals surface area contributed by atoms with Crippen LogP contribution in [0.25, 0.3) is 56.8 Å². The average molecular weight is 531 g/mol. The van der Waals surface area contributed by atoms with E-state index in [1.165, 1.54) is 33.4 Å². The van der Waals surface area contributed by atoms with Crippen LogP contribution < -0.4 is 0 Å². The minimum atomic E-state index is -0.125. The monoisotopic (exact) mass is 530 g/mol. The zero-order valence-corrected chi connectivity index (χ0v) is 23.5. The molecule has 0 saturated heterocycles. The molecule has 0 bridgehead atoms. The van der Waals surface area contributed by atoms with E-state index in [0.29, 0.717) is 17.5 Å². The molecule has 0 amide bonds. The van der Waals surface area contributed by atoms with Gasteiger partial charge >= 0.3 is 0 Å². The highest BCUT2D eigenvalue weighted by Crippen LogP contribution is 2.57. The Morgan fingerprint density at radius 2 is 1.22 bits per heavy atom. The van der Waals surface area contributed by atoms with Crippen molar-refractivity contribution in [3.8, 4) is 39.9 Å². The van der Waals surface area contributed by atoms with Crippen LogP contribution in [0.2, 0.25) is 0 Å². The first kappa shape index (κ1) is 24.0. The fourth-order valence-corrected chi connectivity index (χ4v) is 6.89.